The van der Waals surface area contributed by atoms with Gasteiger partial charge in [-0.2, -0.15) is 0 Å². The van der Waals surface area contributed by atoms with E-state index >= 15 is 0 Å². The molecule has 0 aromatic carbocycles. The number of nitrogens with zero attached hydrogens (tertiary/aromatic N) is 2. The van der Waals surface area contributed by atoms with Crippen LogP contribution in [-0.2, 0) is 14.4 Å². The van der Waals surface area contributed by atoms with E-state index in [1.54, 1.807) is 0 Å². The smallest absolute Gasteiger partial charge is 0.316 e. The van der Waals surface area contributed by atoms with Gasteiger partial charge in [0.25, 0.3) is 0 Å². The molecule has 8 nitrogen and oxygen atoms in total. The SMILES string of the molecule is NC(=O)CN1CCC(N=C2NC(=O)C(=O)N2)CC1. The van der Waals surface area contributed by atoms with Crippen LogP contribution >= 0.6 is 0 Å². The minimum atomic E-state index is -0.681. The summed E-state index contributed by atoms with van der Waals surface area (Å²) in [5.41, 5.74) is 5.12. The number of hydrogen-bond donors (Lipinski definition) is 3. The van der Waals surface area contributed by atoms with Crippen LogP contribution in [-0.4, -0.2) is 54.3 Å². The molecule has 2 rings (SSSR count). The van der Waals surface area contributed by atoms with E-state index in [2.05, 4.69) is 15.6 Å². The van der Waals surface area contributed by atoms with E-state index in [0.29, 0.717) is 0 Å². The summed E-state index contributed by atoms with van der Waals surface area (Å²) in [6.07, 6.45) is 1.53. The molecule has 0 aromatic rings. The van der Waals surface area contributed by atoms with Crippen molar-refractivity contribution >= 4 is 23.7 Å². The molecule has 0 bridgehead atoms. The molecule has 3 amide bonds. The molecule has 0 atom stereocenters. The van der Waals surface area contributed by atoms with Crippen LogP contribution in [0.1, 0.15) is 12.8 Å². The second kappa shape index (κ2) is 5.13. The van der Waals surface area contributed by atoms with Crippen LogP contribution in [0.2, 0.25) is 0 Å². The first-order valence-electron chi connectivity index (χ1n) is 5.75. The summed E-state index contributed by atoms with van der Waals surface area (Å²) in [6.45, 7) is 1.72. The molecule has 0 radical (unpaired) electrons. The van der Waals surface area contributed by atoms with Gasteiger partial charge in [0.2, 0.25) is 11.9 Å². The first-order chi connectivity index (χ1) is 8.54. The third-order valence-corrected chi connectivity index (χ3v) is 2.92. The molecule has 0 aliphatic carbocycles. The van der Waals surface area contributed by atoms with Crippen molar-refractivity contribution in [1.29, 1.82) is 0 Å². The molecule has 2 heterocycles. The van der Waals surface area contributed by atoms with Gasteiger partial charge < -0.3 is 5.73 Å². The van der Waals surface area contributed by atoms with Crippen molar-refractivity contribution in [3.8, 4) is 0 Å². The average molecular weight is 253 g/mol. The van der Waals surface area contributed by atoms with Crippen molar-refractivity contribution in [3.63, 3.8) is 0 Å². The molecule has 0 unspecified atom stereocenters. The second-order valence-corrected chi connectivity index (χ2v) is 4.36. The normalized spacial score (nSPS) is 21.7. The molecular formula is C10H15N5O3. The molecule has 2 fully saturated rings. The van der Waals surface area contributed by atoms with Crippen LogP contribution in [0.25, 0.3) is 0 Å². The number of primary amides is 1. The van der Waals surface area contributed by atoms with Crippen molar-refractivity contribution in [3.05, 3.63) is 0 Å². The summed E-state index contributed by atoms with van der Waals surface area (Å²) >= 11 is 0. The van der Waals surface area contributed by atoms with Gasteiger partial charge in [-0.3, -0.25) is 29.9 Å². The highest BCUT2D eigenvalue weighted by Crippen LogP contribution is 2.13. The first-order valence-corrected chi connectivity index (χ1v) is 5.75. The van der Waals surface area contributed by atoms with Gasteiger partial charge in [-0.25, -0.2) is 4.99 Å². The number of nitrogens with two attached hydrogens (primary N) is 1. The van der Waals surface area contributed by atoms with E-state index in [0.717, 1.165) is 25.9 Å². The summed E-state index contributed by atoms with van der Waals surface area (Å²) in [6, 6.07) is 0.0443. The number of likely N-dealkylation sites (tertiary alicyclic amines) is 1. The van der Waals surface area contributed by atoms with Gasteiger partial charge in [0, 0.05) is 13.1 Å². The van der Waals surface area contributed by atoms with Crippen molar-refractivity contribution in [2.24, 2.45) is 10.7 Å². The van der Waals surface area contributed by atoms with Crippen LogP contribution < -0.4 is 16.4 Å². The fourth-order valence-electron chi connectivity index (χ4n) is 2.03. The Labute approximate surface area is 104 Å². The van der Waals surface area contributed by atoms with E-state index in [4.69, 9.17) is 5.73 Å². The molecule has 98 valence electrons. The Morgan fingerprint density at radius 3 is 2.33 bits per heavy atom. The van der Waals surface area contributed by atoms with Crippen LogP contribution in [0.4, 0.5) is 0 Å². The predicted octanol–water partition coefficient (Wildman–Crippen LogP) is -2.46. The number of nitrogens with one attached hydrogen (secondary N) is 2. The zero-order valence-electron chi connectivity index (χ0n) is 9.81. The minimum absolute atomic E-state index is 0.0443. The lowest BCUT2D eigenvalue weighted by atomic mass is 10.1. The molecule has 18 heavy (non-hydrogen) atoms. The number of guanidine groups is 1. The van der Waals surface area contributed by atoms with Gasteiger partial charge in [-0.1, -0.05) is 0 Å². The van der Waals surface area contributed by atoms with Crippen LogP contribution in [0.5, 0.6) is 0 Å². The van der Waals surface area contributed by atoms with Gasteiger partial charge in [0.1, 0.15) is 0 Å². The number of carbonyl (C=O) groups is 3. The number of carbonyl (C=O) groups excluding carboxylic acids is 3. The van der Waals surface area contributed by atoms with E-state index in [-0.39, 0.29) is 24.5 Å². The Balaban J connectivity index is 1.84. The molecule has 2 aliphatic rings. The Bertz CT molecular complexity index is 394. The van der Waals surface area contributed by atoms with Crippen molar-refractivity contribution < 1.29 is 14.4 Å². The lowest BCUT2D eigenvalue weighted by molar-refractivity contribution is -0.135. The van der Waals surface area contributed by atoms with E-state index in [9.17, 15) is 14.4 Å². The van der Waals surface area contributed by atoms with Gasteiger partial charge in [-0.15, -0.1) is 0 Å². The maximum Gasteiger partial charge on any atom is 0.316 e. The predicted molar refractivity (Wildman–Crippen MR) is 62.4 cm³/mol. The third-order valence-electron chi connectivity index (χ3n) is 2.92. The molecule has 0 aromatic heterocycles. The van der Waals surface area contributed by atoms with Crippen LogP contribution in [0.3, 0.4) is 0 Å². The number of aliphatic imine (C=N–C) groups is 1. The molecule has 0 saturated carbocycles. The Morgan fingerprint density at radius 2 is 1.83 bits per heavy atom. The zero-order valence-corrected chi connectivity index (χ0v) is 9.81. The quantitative estimate of drug-likeness (QED) is 0.483. The molecule has 2 saturated heterocycles. The van der Waals surface area contributed by atoms with Crippen molar-refractivity contribution in [2.75, 3.05) is 19.6 Å². The van der Waals surface area contributed by atoms with Crippen molar-refractivity contribution in [1.82, 2.24) is 15.5 Å². The molecule has 4 N–H and O–H groups in total. The lowest BCUT2D eigenvalue weighted by Crippen LogP contribution is -2.41. The highest BCUT2D eigenvalue weighted by molar-refractivity contribution is 6.45. The number of piperidine rings is 1. The summed E-state index contributed by atoms with van der Waals surface area (Å²) in [5, 5.41) is 4.71. The molecular weight excluding hydrogens is 238 g/mol. The minimum Gasteiger partial charge on any atom is -0.369 e. The average Bonchev–Trinajstić information content (AvgIpc) is 2.60. The highest BCUT2D eigenvalue weighted by Gasteiger charge is 2.27. The third kappa shape index (κ3) is 3.04. The Kier molecular flexibility index (Phi) is 3.56. The molecule has 0 spiro atoms. The van der Waals surface area contributed by atoms with Crippen LogP contribution in [0, 0.1) is 0 Å². The van der Waals surface area contributed by atoms with E-state index in [1.807, 2.05) is 4.90 Å². The highest BCUT2D eigenvalue weighted by atomic mass is 16.2. The summed E-state index contributed by atoms with van der Waals surface area (Å²) in [4.78, 5) is 38.9. The summed E-state index contributed by atoms with van der Waals surface area (Å²) in [7, 11) is 0. The maximum atomic E-state index is 10.9. The summed E-state index contributed by atoms with van der Waals surface area (Å²) in [5.74, 6) is -1.48. The Hall–Kier alpha value is -1.96. The fraction of sp³-hybridized carbons (Fsp3) is 0.600. The fourth-order valence-corrected chi connectivity index (χ4v) is 2.03. The Morgan fingerprint density at radius 1 is 1.28 bits per heavy atom. The summed E-state index contributed by atoms with van der Waals surface area (Å²) < 4.78 is 0. The maximum absolute atomic E-state index is 10.9. The standard InChI is InChI=1S/C10H15N5O3/c11-7(16)5-15-3-1-6(2-4-15)12-10-13-8(17)9(18)14-10/h6H,1-5H2,(H2,11,16)(H2,12,13,14,17,18). The van der Waals surface area contributed by atoms with Gasteiger partial charge in [-0.05, 0) is 12.8 Å². The lowest BCUT2D eigenvalue weighted by Gasteiger charge is -2.29. The topological polar surface area (TPSA) is 117 Å². The van der Waals surface area contributed by atoms with E-state index in [1.165, 1.54) is 0 Å². The molecule has 8 heteroatoms. The van der Waals surface area contributed by atoms with E-state index < -0.39 is 11.8 Å². The van der Waals surface area contributed by atoms with Crippen molar-refractivity contribution in [2.45, 2.75) is 18.9 Å². The van der Waals surface area contributed by atoms with Gasteiger partial charge in [0.15, 0.2) is 0 Å². The largest absolute Gasteiger partial charge is 0.369 e. The van der Waals surface area contributed by atoms with Gasteiger partial charge >= 0.3 is 11.8 Å². The van der Waals surface area contributed by atoms with Crippen LogP contribution in [0.15, 0.2) is 4.99 Å². The molecule has 2 aliphatic heterocycles. The second-order valence-electron chi connectivity index (χ2n) is 4.36. The number of rotatable bonds is 3. The monoisotopic (exact) mass is 253 g/mol. The number of hydrogen-bond acceptors (Lipinski definition) is 5. The zero-order chi connectivity index (χ0) is 13.1. The van der Waals surface area contributed by atoms with Gasteiger partial charge in [0.05, 0.1) is 12.6 Å². The number of amides is 3. The first kappa shape index (κ1) is 12.5.